The average molecular weight is 304 g/mol. The maximum Gasteiger partial charge on any atom is 0.0704 e. The minimum atomic E-state index is 0.693. The van der Waals surface area contributed by atoms with Gasteiger partial charge in [0.1, 0.15) is 0 Å². The molecule has 2 aromatic rings. The zero-order valence-electron chi connectivity index (χ0n) is 10.5. The van der Waals surface area contributed by atoms with Gasteiger partial charge in [0.15, 0.2) is 0 Å². The fraction of sp³-hybridized carbons (Fsp3) is 0.438. The Morgan fingerprint density at radius 2 is 1.94 bits per heavy atom. The second-order valence-corrected chi connectivity index (χ2v) is 6.43. The molecular formula is C16H18BrN. The number of alkyl halides is 1. The van der Waals surface area contributed by atoms with Crippen LogP contribution in [-0.4, -0.2) is 9.81 Å². The number of hydrogen-bond donors (Lipinski definition) is 0. The van der Waals surface area contributed by atoms with Gasteiger partial charge in [-0.25, -0.2) is 0 Å². The summed E-state index contributed by atoms with van der Waals surface area (Å²) in [6.07, 6.45) is 8.57. The van der Waals surface area contributed by atoms with Gasteiger partial charge in [-0.05, 0) is 42.9 Å². The van der Waals surface area contributed by atoms with E-state index in [4.69, 9.17) is 0 Å². The van der Waals surface area contributed by atoms with Crippen molar-refractivity contribution in [3.63, 3.8) is 0 Å². The normalized spacial score (nSPS) is 24.3. The van der Waals surface area contributed by atoms with E-state index < -0.39 is 0 Å². The highest BCUT2D eigenvalue weighted by atomic mass is 79.9. The molecule has 1 heterocycles. The third-order valence-corrected chi connectivity index (χ3v) is 5.24. The summed E-state index contributed by atoms with van der Waals surface area (Å²) >= 11 is 3.86. The van der Waals surface area contributed by atoms with Crippen molar-refractivity contribution in [2.45, 2.75) is 36.9 Å². The second-order valence-electron chi connectivity index (χ2n) is 5.25. The van der Waals surface area contributed by atoms with Crippen molar-refractivity contribution in [1.82, 2.24) is 4.98 Å². The number of nitrogens with zero attached hydrogens (tertiary/aromatic N) is 1. The van der Waals surface area contributed by atoms with Crippen molar-refractivity contribution >= 4 is 26.8 Å². The molecule has 0 N–H and O–H groups in total. The van der Waals surface area contributed by atoms with Gasteiger partial charge in [0.05, 0.1) is 5.52 Å². The molecule has 1 aliphatic rings. The van der Waals surface area contributed by atoms with Crippen LogP contribution in [0.1, 0.15) is 31.2 Å². The molecule has 1 aromatic carbocycles. The van der Waals surface area contributed by atoms with E-state index in [2.05, 4.69) is 51.2 Å². The Kier molecular flexibility index (Phi) is 3.64. The van der Waals surface area contributed by atoms with Crippen LogP contribution in [0.5, 0.6) is 0 Å². The third kappa shape index (κ3) is 2.44. The van der Waals surface area contributed by atoms with Crippen LogP contribution in [0.25, 0.3) is 10.9 Å². The number of halogens is 1. The lowest BCUT2D eigenvalue weighted by atomic mass is 9.84. The molecule has 0 radical (unpaired) electrons. The molecule has 1 aromatic heterocycles. The molecule has 0 amide bonds. The lowest BCUT2D eigenvalue weighted by Crippen LogP contribution is -2.21. The summed E-state index contributed by atoms with van der Waals surface area (Å²) in [6.45, 7) is 0. The molecule has 0 spiro atoms. The molecule has 0 aliphatic heterocycles. The van der Waals surface area contributed by atoms with E-state index in [1.54, 1.807) is 0 Å². The maximum atomic E-state index is 4.44. The molecule has 0 bridgehead atoms. The average Bonchev–Trinajstić information content (AvgIpc) is 2.42. The van der Waals surface area contributed by atoms with Gasteiger partial charge in [0.25, 0.3) is 0 Å². The minimum Gasteiger partial charge on any atom is -0.256 e. The van der Waals surface area contributed by atoms with Gasteiger partial charge < -0.3 is 0 Å². The monoisotopic (exact) mass is 303 g/mol. The van der Waals surface area contributed by atoms with Crippen molar-refractivity contribution in [3.05, 3.63) is 42.1 Å². The van der Waals surface area contributed by atoms with Crippen molar-refractivity contribution < 1.29 is 0 Å². The van der Waals surface area contributed by atoms with Crippen molar-refractivity contribution in [2.24, 2.45) is 5.92 Å². The van der Waals surface area contributed by atoms with Gasteiger partial charge in [-0.2, -0.15) is 0 Å². The first kappa shape index (κ1) is 12.2. The molecule has 18 heavy (non-hydrogen) atoms. The number of fused-ring (bicyclic) bond motifs is 1. The Hall–Kier alpha value is -0.890. The van der Waals surface area contributed by atoms with Gasteiger partial charge in [0, 0.05) is 16.4 Å². The first-order valence-corrected chi connectivity index (χ1v) is 7.73. The summed E-state index contributed by atoms with van der Waals surface area (Å²) in [5, 5.41) is 1.32. The van der Waals surface area contributed by atoms with Crippen LogP contribution >= 0.6 is 15.9 Å². The summed E-state index contributed by atoms with van der Waals surface area (Å²) in [5.74, 6) is 0.782. The van der Waals surface area contributed by atoms with Gasteiger partial charge in [-0.15, -0.1) is 0 Å². The number of benzene rings is 1. The van der Waals surface area contributed by atoms with E-state index in [-0.39, 0.29) is 0 Å². The molecule has 1 saturated carbocycles. The van der Waals surface area contributed by atoms with Gasteiger partial charge in [-0.1, -0.05) is 47.0 Å². The zero-order valence-corrected chi connectivity index (χ0v) is 12.1. The minimum absolute atomic E-state index is 0.693. The fourth-order valence-corrected chi connectivity index (χ4v) is 3.78. The second kappa shape index (κ2) is 5.40. The van der Waals surface area contributed by atoms with Crippen LogP contribution in [0, 0.1) is 5.92 Å². The number of aromatic nitrogens is 1. The standard InChI is InChI=1S/C16H18BrN/c17-15-7-3-1-5-13(15)11-12-9-10-18-16-8-4-2-6-14(12)16/h2,4,6,8-10,13,15H,1,3,5,7,11H2. The van der Waals surface area contributed by atoms with E-state index in [0.29, 0.717) is 4.83 Å². The largest absolute Gasteiger partial charge is 0.256 e. The molecule has 2 unspecified atom stereocenters. The number of pyridine rings is 1. The molecule has 1 nitrogen and oxygen atoms in total. The predicted octanol–water partition coefficient (Wildman–Crippen LogP) is 4.73. The van der Waals surface area contributed by atoms with E-state index in [1.807, 2.05) is 6.20 Å². The van der Waals surface area contributed by atoms with E-state index >= 15 is 0 Å². The molecule has 2 atom stereocenters. The van der Waals surface area contributed by atoms with Crippen LogP contribution in [0.15, 0.2) is 36.5 Å². The predicted molar refractivity (Wildman–Crippen MR) is 80.1 cm³/mol. The molecular weight excluding hydrogens is 286 g/mol. The van der Waals surface area contributed by atoms with Crippen molar-refractivity contribution in [2.75, 3.05) is 0 Å². The first-order valence-electron chi connectivity index (χ1n) is 6.81. The van der Waals surface area contributed by atoms with E-state index in [0.717, 1.165) is 11.4 Å². The Labute approximate surface area is 117 Å². The van der Waals surface area contributed by atoms with Crippen molar-refractivity contribution in [1.29, 1.82) is 0 Å². The number of rotatable bonds is 2. The summed E-state index contributed by atoms with van der Waals surface area (Å²) < 4.78 is 0. The molecule has 3 rings (SSSR count). The van der Waals surface area contributed by atoms with Gasteiger partial charge in [-0.3, -0.25) is 4.98 Å². The topological polar surface area (TPSA) is 12.9 Å². The summed E-state index contributed by atoms with van der Waals surface area (Å²) in [7, 11) is 0. The SMILES string of the molecule is BrC1CCCCC1Cc1ccnc2ccccc12. The Balaban J connectivity index is 1.90. The highest BCUT2D eigenvalue weighted by Crippen LogP contribution is 2.33. The smallest absolute Gasteiger partial charge is 0.0704 e. The first-order chi connectivity index (χ1) is 8.84. The quantitative estimate of drug-likeness (QED) is 0.731. The molecule has 2 heteroatoms. The molecule has 1 aliphatic carbocycles. The highest BCUT2D eigenvalue weighted by molar-refractivity contribution is 9.09. The Morgan fingerprint density at radius 3 is 2.83 bits per heavy atom. The van der Waals surface area contributed by atoms with Crippen LogP contribution in [0.2, 0.25) is 0 Å². The summed E-state index contributed by atoms with van der Waals surface area (Å²) in [4.78, 5) is 5.14. The number of para-hydroxylation sites is 1. The fourth-order valence-electron chi connectivity index (χ4n) is 3.01. The number of hydrogen-bond acceptors (Lipinski definition) is 1. The lowest BCUT2D eigenvalue weighted by molar-refractivity contribution is 0.374. The van der Waals surface area contributed by atoms with Crippen LogP contribution in [-0.2, 0) is 6.42 Å². The Morgan fingerprint density at radius 1 is 1.11 bits per heavy atom. The molecule has 94 valence electrons. The van der Waals surface area contributed by atoms with Gasteiger partial charge >= 0.3 is 0 Å². The zero-order chi connectivity index (χ0) is 12.4. The highest BCUT2D eigenvalue weighted by Gasteiger charge is 2.23. The van der Waals surface area contributed by atoms with Crippen molar-refractivity contribution in [3.8, 4) is 0 Å². The van der Waals surface area contributed by atoms with Crippen LogP contribution < -0.4 is 0 Å². The molecule has 0 saturated heterocycles. The molecule has 1 fully saturated rings. The maximum absolute atomic E-state index is 4.44. The van der Waals surface area contributed by atoms with Crippen LogP contribution in [0.3, 0.4) is 0 Å². The van der Waals surface area contributed by atoms with Crippen LogP contribution in [0.4, 0.5) is 0 Å². The Bertz CT molecular complexity index is 532. The summed E-state index contributed by atoms with van der Waals surface area (Å²) in [5.41, 5.74) is 2.58. The summed E-state index contributed by atoms with van der Waals surface area (Å²) in [6, 6.07) is 10.7. The van der Waals surface area contributed by atoms with E-state index in [9.17, 15) is 0 Å². The third-order valence-electron chi connectivity index (χ3n) is 4.04. The van der Waals surface area contributed by atoms with E-state index in [1.165, 1.54) is 43.1 Å². The van der Waals surface area contributed by atoms with Gasteiger partial charge in [0.2, 0.25) is 0 Å². The lowest BCUT2D eigenvalue weighted by Gasteiger charge is -2.27.